The fraction of sp³-hybridized carbons (Fsp3) is 0.435. The molecule has 2 aliphatic rings. The van der Waals surface area contributed by atoms with Gasteiger partial charge >= 0.3 is 0 Å². The molecular weight excluding hydrogens is 430 g/mol. The quantitative estimate of drug-likeness (QED) is 0.502. The predicted octanol–water partition coefficient (Wildman–Crippen LogP) is 3.79. The number of benzene rings is 2. The Kier molecular flexibility index (Phi) is 6.57. The zero-order valence-corrected chi connectivity index (χ0v) is 18.7. The number of amides is 1. The van der Waals surface area contributed by atoms with E-state index < -0.39 is 20.9 Å². The fourth-order valence-electron chi connectivity index (χ4n) is 4.61. The minimum Gasteiger partial charge on any atom is -0.336 e. The third kappa shape index (κ3) is 4.54. The van der Waals surface area contributed by atoms with E-state index in [2.05, 4.69) is 0 Å². The maximum atomic E-state index is 13.1. The van der Waals surface area contributed by atoms with Crippen LogP contribution >= 0.6 is 0 Å². The molecule has 1 saturated heterocycles. The monoisotopic (exact) mass is 457 g/mol. The Morgan fingerprint density at radius 1 is 0.906 bits per heavy atom. The van der Waals surface area contributed by atoms with Gasteiger partial charge < -0.3 is 4.90 Å². The smallest absolute Gasteiger partial charge is 0.282 e. The molecule has 2 aromatic rings. The summed E-state index contributed by atoms with van der Waals surface area (Å²) in [4.78, 5) is 25.2. The minimum atomic E-state index is -3.66. The molecule has 1 heterocycles. The van der Waals surface area contributed by atoms with Crippen LogP contribution in [0.2, 0.25) is 0 Å². The second-order valence-corrected chi connectivity index (χ2v) is 10.3. The summed E-state index contributed by atoms with van der Waals surface area (Å²) in [5.41, 5.74) is 0.973. The van der Waals surface area contributed by atoms with Crippen molar-refractivity contribution in [2.45, 2.75) is 42.9 Å². The third-order valence-electron chi connectivity index (χ3n) is 6.45. The van der Waals surface area contributed by atoms with Crippen LogP contribution in [0.4, 0.5) is 5.69 Å². The van der Waals surface area contributed by atoms with E-state index in [-0.39, 0.29) is 42.3 Å². The molecule has 2 fully saturated rings. The summed E-state index contributed by atoms with van der Waals surface area (Å²) in [5.74, 6) is 0.0586. The van der Waals surface area contributed by atoms with Crippen LogP contribution in [0.15, 0.2) is 53.4 Å². The Labute approximate surface area is 188 Å². The van der Waals surface area contributed by atoms with Gasteiger partial charge in [0.15, 0.2) is 0 Å². The van der Waals surface area contributed by atoms with Crippen LogP contribution in [0, 0.1) is 10.1 Å². The first-order chi connectivity index (χ1) is 15.4. The number of nitro benzene ring substituents is 1. The molecule has 170 valence electrons. The average Bonchev–Trinajstić information content (AvgIpc) is 2.84. The Balaban J connectivity index is 1.42. The van der Waals surface area contributed by atoms with Gasteiger partial charge in [0.25, 0.3) is 11.6 Å². The van der Waals surface area contributed by atoms with Gasteiger partial charge in [0, 0.05) is 32.2 Å². The van der Waals surface area contributed by atoms with Crippen molar-refractivity contribution < 1.29 is 18.1 Å². The van der Waals surface area contributed by atoms with Crippen molar-refractivity contribution in [3.63, 3.8) is 0 Å². The zero-order valence-electron chi connectivity index (χ0n) is 17.9. The Hall–Kier alpha value is -2.78. The number of nitrogens with zero attached hydrogens (tertiary/aromatic N) is 3. The Bertz CT molecular complexity index is 1090. The van der Waals surface area contributed by atoms with Crippen molar-refractivity contribution in [2.75, 3.05) is 26.2 Å². The lowest BCUT2D eigenvalue weighted by Gasteiger charge is -2.34. The SMILES string of the molecule is O=C(c1ccccc1[N+](=O)[O-])N1CCN(S(=O)(=O)c2ccc(C3CCCCC3)cc2)CC1. The van der Waals surface area contributed by atoms with E-state index in [1.165, 1.54) is 52.2 Å². The lowest BCUT2D eigenvalue weighted by atomic mass is 9.84. The average molecular weight is 458 g/mol. The first kappa shape index (κ1) is 22.4. The van der Waals surface area contributed by atoms with Crippen LogP contribution in [-0.4, -0.2) is 54.6 Å². The number of nitro groups is 1. The van der Waals surface area contributed by atoms with Crippen LogP contribution in [0.5, 0.6) is 0 Å². The summed E-state index contributed by atoms with van der Waals surface area (Å²) in [7, 11) is -3.66. The van der Waals surface area contributed by atoms with E-state index in [0.29, 0.717) is 5.92 Å². The molecule has 0 unspecified atom stereocenters. The lowest BCUT2D eigenvalue weighted by molar-refractivity contribution is -0.385. The van der Waals surface area contributed by atoms with Gasteiger partial charge in [-0.05, 0) is 42.5 Å². The van der Waals surface area contributed by atoms with Crippen LogP contribution in [-0.2, 0) is 10.0 Å². The van der Waals surface area contributed by atoms with Gasteiger partial charge in [-0.1, -0.05) is 43.5 Å². The maximum Gasteiger partial charge on any atom is 0.282 e. The van der Waals surface area contributed by atoms with Crippen molar-refractivity contribution in [1.29, 1.82) is 0 Å². The zero-order chi connectivity index (χ0) is 22.7. The molecule has 0 bridgehead atoms. The van der Waals surface area contributed by atoms with E-state index in [0.717, 1.165) is 12.8 Å². The number of sulfonamides is 1. The number of rotatable bonds is 5. The van der Waals surface area contributed by atoms with E-state index in [4.69, 9.17) is 0 Å². The van der Waals surface area contributed by atoms with Crippen LogP contribution < -0.4 is 0 Å². The molecule has 0 N–H and O–H groups in total. The van der Waals surface area contributed by atoms with Crippen LogP contribution in [0.25, 0.3) is 0 Å². The lowest BCUT2D eigenvalue weighted by Crippen LogP contribution is -2.50. The van der Waals surface area contributed by atoms with E-state index >= 15 is 0 Å². The Morgan fingerprint density at radius 3 is 2.16 bits per heavy atom. The van der Waals surface area contributed by atoms with Crippen molar-refractivity contribution in [2.24, 2.45) is 0 Å². The largest absolute Gasteiger partial charge is 0.336 e. The van der Waals surface area contributed by atoms with Crippen LogP contribution in [0.3, 0.4) is 0 Å². The van der Waals surface area contributed by atoms with Gasteiger partial charge in [0.2, 0.25) is 10.0 Å². The highest BCUT2D eigenvalue weighted by Gasteiger charge is 2.32. The summed E-state index contributed by atoms with van der Waals surface area (Å²) in [5, 5.41) is 11.2. The molecule has 8 nitrogen and oxygen atoms in total. The van der Waals surface area contributed by atoms with Crippen LogP contribution in [0.1, 0.15) is 53.9 Å². The van der Waals surface area contributed by atoms with Gasteiger partial charge in [-0.15, -0.1) is 0 Å². The van der Waals surface area contributed by atoms with Gasteiger partial charge in [-0.3, -0.25) is 14.9 Å². The van der Waals surface area contributed by atoms with Crippen molar-refractivity contribution >= 4 is 21.6 Å². The van der Waals surface area contributed by atoms with Gasteiger partial charge in [-0.2, -0.15) is 4.31 Å². The second kappa shape index (κ2) is 9.38. The molecule has 0 spiro atoms. The number of hydrogen-bond donors (Lipinski definition) is 0. The summed E-state index contributed by atoms with van der Waals surface area (Å²) in [6, 6.07) is 13.0. The number of carbonyl (C=O) groups is 1. The normalized spacial score (nSPS) is 18.4. The second-order valence-electron chi connectivity index (χ2n) is 8.37. The number of para-hydroxylation sites is 1. The molecule has 1 amide bonds. The molecule has 1 saturated carbocycles. The minimum absolute atomic E-state index is 0.0205. The molecule has 0 atom stereocenters. The van der Waals surface area contributed by atoms with E-state index in [1.54, 1.807) is 18.2 Å². The summed E-state index contributed by atoms with van der Waals surface area (Å²) < 4.78 is 27.6. The third-order valence-corrected chi connectivity index (χ3v) is 8.36. The van der Waals surface area contributed by atoms with E-state index in [1.807, 2.05) is 12.1 Å². The molecular formula is C23H27N3O5S. The van der Waals surface area contributed by atoms with Gasteiger partial charge in [0.05, 0.1) is 9.82 Å². The van der Waals surface area contributed by atoms with Crippen molar-refractivity contribution in [1.82, 2.24) is 9.21 Å². The summed E-state index contributed by atoms with van der Waals surface area (Å²) >= 11 is 0. The first-order valence-corrected chi connectivity index (χ1v) is 12.4. The molecule has 32 heavy (non-hydrogen) atoms. The van der Waals surface area contributed by atoms with Crippen molar-refractivity contribution in [3.05, 3.63) is 69.8 Å². The molecule has 9 heteroatoms. The molecule has 4 rings (SSSR count). The number of hydrogen-bond acceptors (Lipinski definition) is 5. The highest BCUT2D eigenvalue weighted by atomic mass is 32.2. The Morgan fingerprint density at radius 2 is 1.53 bits per heavy atom. The molecule has 2 aromatic carbocycles. The maximum absolute atomic E-state index is 13.1. The standard InChI is InChI=1S/C23H27N3O5S/c27-23(21-8-4-5-9-22(21)26(28)29)24-14-16-25(17-15-24)32(30,31)20-12-10-19(11-13-20)18-6-2-1-3-7-18/h4-5,8-13,18H,1-3,6-7,14-17H2. The molecule has 1 aliphatic heterocycles. The predicted molar refractivity (Wildman–Crippen MR) is 120 cm³/mol. The first-order valence-electron chi connectivity index (χ1n) is 11.0. The molecule has 0 radical (unpaired) electrons. The van der Waals surface area contributed by atoms with E-state index in [9.17, 15) is 23.3 Å². The van der Waals surface area contributed by atoms with Gasteiger partial charge in [-0.25, -0.2) is 8.42 Å². The highest BCUT2D eigenvalue weighted by molar-refractivity contribution is 7.89. The summed E-state index contributed by atoms with van der Waals surface area (Å²) in [6.07, 6.45) is 6.03. The molecule has 0 aromatic heterocycles. The highest BCUT2D eigenvalue weighted by Crippen LogP contribution is 2.33. The summed E-state index contributed by atoms with van der Waals surface area (Å²) in [6.45, 7) is 0.673. The molecule has 1 aliphatic carbocycles. The number of piperazine rings is 1. The topological polar surface area (TPSA) is 101 Å². The van der Waals surface area contributed by atoms with Crippen molar-refractivity contribution in [3.8, 4) is 0 Å². The number of carbonyl (C=O) groups excluding carboxylic acids is 1. The van der Waals surface area contributed by atoms with Gasteiger partial charge in [0.1, 0.15) is 5.56 Å². The fourth-order valence-corrected chi connectivity index (χ4v) is 6.03.